The molecule has 0 atom stereocenters. The van der Waals surface area contributed by atoms with Gasteiger partial charge in [0, 0.05) is 49.2 Å². The number of halogens is 1. The quantitative estimate of drug-likeness (QED) is 0.380. The largest absolute Gasteiger partial charge is 0.341 e. The van der Waals surface area contributed by atoms with Crippen molar-refractivity contribution in [3.8, 4) is 0 Å². The number of rotatable bonds is 8. The number of aryl methyl sites for hydroxylation is 1. The minimum Gasteiger partial charge on any atom is -0.341 e. The van der Waals surface area contributed by atoms with E-state index in [0.717, 1.165) is 12.0 Å². The third-order valence-corrected chi connectivity index (χ3v) is 4.69. The van der Waals surface area contributed by atoms with Gasteiger partial charge in [-0.15, -0.1) is 0 Å². The zero-order valence-corrected chi connectivity index (χ0v) is 16.0. The van der Waals surface area contributed by atoms with Crippen molar-refractivity contribution in [3.63, 3.8) is 0 Å². The molecular formula is C20H21ClN2O4. The Morgan fingerprint density at radius 3 is 2.37 bits per heavy atom. The summed E-state index contributed by atoms with van der Waals surface area (Å²) in [5.41, 5.74) is 2.14. The van der Waals surface area contributed by atoms with Crippen molar-refractivity contribution >= 4 is 29.0 Å². The molecule has 0 N–H and O–H groups in total. The summed E-state index contributed by atoms with van der Waals surface area (Å²) in [6, 6.07) is 11.5. The standard InChI is InChI=1S/C20H21ClN2O4/c1-3-14-4-6-15(7-5-14)19(24)10-11-20(25)22(2)13-16-12-17(23(26)27)8-9-18(16)21/h4-9,12H,3,10-11,13H2,1-2H3. The molecule has 2 aromatic rings. The second-order valence-electron chi connectivity index (χ2n) is 6.26. The summed E-state index contributed by atoms with van der Waals surface area (Å²) in [5.74, 6) is -0.316. The molecule has 0 fully saturated rings. The molecule has 7 heteroatoms. The van der Waals surface area contributed by atoms with Crippen molar-refractivity contribution in [2.24, 2.45) is 0 Å². The summed E-state index contributed by atoms with van der Waals surface area (Å²) in [6.07, 6.45) is 1.08. The van der Waals surface area contributed by atoms with E-state index in [4.69, 9.17) is 11.6 Å². The number of benzene rings is 2. The van der Waals surface area contributed by atoms with Gasteiger partial charge in [0.25, 0.3) is 5.69 Å². The number of amides is 1. The molecule has 0 spiro atoms. The highest BCUT2D eigenvalue weighted by atomic mass is 35.5. The third-order valence-electron chi connectivity index (χ3n) is 4.32. The molecule has 0 saturated heterocycles. The van der Waals surface area contributed by atoms with Gasteiger partial charge in [0.05, 0.1) is 4.92 Å². The molecule has 0 aliphatic heterocycles. The first-order valence-corrected chi connectivity index (χ1v) is 8.98. The van der Waals surface area contributed by atoms with Gasteiger partial charge in [-0.05, 0) is 23.6 Å². The van der Waals surface area contributed by atoms with Crippen LogP contribution in [0.4, 0.5) is 5.69 Å². The topological polar surface area (TPSA) is 80.5 Å². The van der Waals surface area contributed by atoms with E-state index in [1.807, 2.05) is 19.1 Å². The lowest BCUT2D eigenvalue weighted by Crippen LogP contribution is -2.26. The number of Topliss-reactive ketones (excluding diaryl/α,β-unsaturated/α-hetero) is 1. The van der Waals surface area contributed by atoms with Gasteiger partial charge < -0.3 is 4.90 Å². The van der Waals surface area contributed by atoms with E-state index in [-0.39, 0.29) is 36.8 Å². The number of nitro benzene ring substituents is 1. The molecule has 1 amide bonds. The molecule has 0 bridgehead atoms. The lowest BCUT2D eigenvalue weighted by molar-refractivity contribution is -0.384. The maximum Gasteiger partial charge on any atom is 0.269 e. The second-order valence-corrected chi connectivity index (χ2v) is 6.66. The second kappa shape index (κ2) is 9.28. The monoisotopic (exact) mass is 388 g/mol. The van der Waals surface area contributed by atoms with E-state index < -0.39 is 4.92 Å². The highest BCUT2D eigenvalue weighted by Crippen LogP contribution is 2.23. The Bertz CT molecular complexity index is 850. The fourth-order valence-electron chi connectivity index (χ4n) is 2.62. The fourth-order valence-corrected chi connectivity index (χ4v) is 2.80. The maximum absolute atomic E-state index is 12.3. The molecule has 2 aromatic carbocycles. The van der Waals surface area contributed by atoms with Crippen molar-refractivity contribution in [3.05, 3.63) is 74.3 Å². The number of carbonyl (C=O) groups is 2. The number of carbonyl (C=O) groups excluding carboxylic acids is 2. The van der Waals surface area contributed by atoms with Gasteiger partial charge in [-0.3, -0.25) is 19.7 Å². The van der Waals surface area contributed by atoms with Gasteiger partial charge in [0.2, 0.25) is 5.91 Å². The van der Waals surface area contributed by atoms with Crippen LogP contribution in [0.25, 0.3) is 0 Å². The number of ketones is 1. The molecule has 0 radical (unpaired) electrons. The zero-order valence-electron chi connectivity index (χ0n) is 15.3. The Morgan fingerprint density at radius 2 is 1.78 bits per heavy atom. The van der Waals surface area contributed by atoms with E-state index in [9.17, 15) is 19.7 Å². The molecule has 0 aromatic heterocycles. The fraction of sp³-hybridized carbons (Fsp3) is 0.300. The van der Waals surface area contributed by atoms with Crippen molar-refractivity contribution in [2.75, 3.05) is 7.05 Å². The number of nitrogens with zero attached hydrogens (tertiary/aromatic N) is 2. The molecule has 0 aliphatic carbocycles. The van der Waals surface area contributed by atoms with Crippen molar-refractivity contribution in [2.45, 2.75) is 32.7 Å². The Morgan fingerprint density at radius 1 is 1.11 bits per heavy atom. The summed E-state index contributed by atoms with van der Waals surface area (Å²) >= 11 is 6.07. The maximum atomic E-state index is 12.3. The summed E-state index contributed by atoms with van der Waals surface area (Å²) in [6.45, 7) is 2.18. The van der Waals surface area contributed by atoms with Crippen molar-refractivity contribution in [1.82, 2.24) is 4.90 Å². The summed E-state index contributed by atoms with van der Waals surface area (Å²) < 4.78 is 0. The predicted octanol–water partition coefficient (Wildman–Crippen LogP) is 4.43. The van der Waals surface area contributed by atoms with Crippen LogP contribution in [0.2, 0.25) is 5.02 Å². The average molecular weight is 389 g/mol. The number of non-ortho nitro benzene ring substituents is 1. The molecule has 0 heterocycles. The molecule has 0 aliphatic rings. The molecule has 6 nitrogen and oxygen atoms in total. The summed E-state index contributed by atoms with van der Waals surface area (Å²) in [7, 11) is 1.58. The first-order valence-electron chi connectivity index (χ1n) is 8.60. The van der Waals surface area contributed by atoms with Gasteiger partial charge in [-0.25, -0.2) is 0 Å². The van der Waals surface area contributed by atoms with Gasteiger partial charge >= 0.3 is 0 Å². The Hall–Kier alpha value is -2.73. The number of hydrogen-bond acceptors (Lipinski definition) is 4. The van der Waals surface area contributed by atoms with Crippen LogP contribution in [0.3, 0.4) is 0 Å². The van der Waals surface area contributed by atoms with E-state index >= 15 is 0 Å². The minimum atomic E-state index is -0.510. The third kappa shape index (κ3) is 5.62. The van der Waals surface area contributed by atoms with Crippen LogP contribution >= 0.6 is 11.6 Å². The van der Waals surface area contributed by atoms with Crippen LogP contribution in [0.1, 0.15) is 41.3 Å². The Balaban J connectivity index is 1.94. The minimum absolute atomic E-state index is 0.0669. The first-order chi connectivity index (χ1) is 12.8. The molecule has 2 rings (SSSR count). The van der Waals surface area contributed by atoms with E-state index in [1.165, 1.54) is 23.1 Å². The van der Waals surface area contributed by atoms with Crippen LogP contribution in [0.15, 0.2) is 42.5 Å². The normalized spacial score (nSPS) is 10.5. The lowest BCUT2D eigenvalue weighted by Gasteiger charge is -2.18. The first kappa shape index (κ1) is 20.6. The van der Waals surface area contributed by atoms with Crippen molar-refractivity contribution < 1.29 is 14.5 Å². The number of nitro groups is 1. The Labute approximate surface area is 162 Å². The van der Waals surface area contributed by atoms with Gasteiger partial charge in [-0.1, -0.05) is 42.8 Å². The average Bonchev–Trinajstić information content (AvgIpc) is 2.67. The molecule has 27 heavy (non-hydrogen) atoms. The van der Waals surface area contributed by atoms with E-state index in [2.05, 4.69) is 0 Å². The van der Waals surface area contributed by atoms with Gasteiger partial charge in [0.15, 0.2) is 5.78 Å². The van der Waals surface area contributed by atoms with Crippen LogP contribution in [0, 0.1) is 10.1 Å². The van der Waals surface area contributed by atoms with Crippen LogP contribution in [-0.2, 0) is 17.8 Å². The molecule has 0 saturated carbocycles. The highest BCUT2D eigenvalue weighted by molar-refractivity contribution is 6.31. The number of hydrogen-bond donors (Lipinski definition) is 0. The van der Waals surface area contributed by atoms with E-state index in [0.29, 0.717) is 16.1 Å². The Kier molecular flexibility index (Phi) is 7.07. The summed E-state index contributed by atoms with van der Waals surface area (Å²) in [5, 5.41) is 11.2. The molecular weight excluding hydrogens is 368 g/mol. The van der Waals surface area contributed by atoms with Gasteiger partial charge in [-0.2, -0.15) is 0 Å². The lowest BCUT2D eigenvalue weighted by atomic mass is 10.0. The van der Waals surface area contributed by atoms with Crippen LogP contribution in [0.5, 0.6) is 0 Å². The van der Waals surface area contributed by atoms with Crippen LogP contribution < -0.4 is 0 Å². The smallest absolute Gasteiger partial charge is 0.269 e. The molecule has 0 unspecified atom stereocenters. The molecule has 142 valence electrons. The van der Waals surface area contributed by atoms with Crippen LogP contribution in [-0.4, -0.2) is 28.6 Å². The SMILES string of the molecule is CCc1ccc(C(=O)CCC(=O)N(C)Cc2cc([N+](=O)[O-])ccc2Cl)cc1. The predicted molar refractivity (Wildman–Crippen MR) is 104 cm³/mol. The van der Waals surface area contributed by atoms with Gasteiger partial charge in [0.1, 0.15) is 0 Å². The zero-order chi connectivity index (χ0) is 20.0. The van der Waals surface area contributed by atoms with Crippen molar-refractivity contribution in [1.29, 1.82) is 0 Å². The summed E-state index contributed by atoms with van der Waals surface area (Å²) in [4.78, 5) is 36.3. The van der Waals surface area contributed by atoms with E-state index in [1.54, 1.807) is 19.2 Å². The highest BCUT2D eigenvalue weighted by Gasteiger charge is 2.16.